The molecule has 0 radical (unpaired) electrons. The van der Waals surface area contributed by atoms with E-state index in [1.54, 1.807) is 6.07 Å². The van der Waals surface area contributed by atoms with Crippen molar-refractivity contribution in [2.45, 2.75) is 6.92 Å². The molecule has 2 aromatic rings. The van der Waals surface area contributed by atoms with Gasteiger partial charge < -0.3 is 4.57 Å². The summed E-state index contributed by atoms with van der Waals surface area (Å²) in [4.78, 5) is 0. The number of aryl methyl sites for hydroxylation is 1. The zero-order valence-electron chi connectivity index (χ0n) is 8.24. The quantitative estimate of drug-likeness (QED) is 0.719. The zero-order chi connectivity index (χ0) is 10.8. The predicted octanol–water partition coefficient (Wildman–Crippen LogP) is 3.31. The Labute approximate surface area is 93.3 Å². The van der Waals surface area contributed by atoms with Crippen molar-refractivity contribution in [3.63, 3.8) is 0 Å². The van der Waals surface area contributed by atoms with Crippen LogP contribution in [0.1, 0.15) is 11.3 Å². The molecule has 15 heavy (non-hydrogen) atoms. The molecule has 0 bridgehead atoms. The van der Waals surface area contributed by atoms with Gasteiger partial charge in [0.05, 0.1) is 0 Å². The van der Waals surface area contributed by atoms with Crippen molar-refractivity contribution in [3.05, 3.63) is 52.8 Å². The molecule has 0 aliphatic heterocycles. The molecule has 0 atom stereocenters. The van der Waals surface area contributed by atoms with E-state index in [0.717, 1.165) is 11.3 Å². The van der Waals surface area contributed by atoms with Crippen LogP contribution in [0.15, 0.2) is 36.5 Å². The SMILES string of the molecule is Cc1cc(Cl)ccc1-n1cccc1C#N. The highest BCUT2D eigenvalue weighted by molar-refractivity contribution is 6.30. The molecule has 0 spiro atoms. The zero-order valence-corrected chi connectivity index (χ0v) is 8.99. The number of benzene rings is 1. The molecule has 0 aliphatic rings. The molecule has 0 saturated heterocycles. The molecule has 0 aliphatic carbocycles. The lowest BCUT2D eigenvalue weighted by Gasteiger charge is -2.08. The van der Waals surface area contributed by atoms with Gasteiger partial charge in [0.15, 0.2) is 0 Å². The summed E-state index contributed by atoms with van der Waals surface area (Å²) >= 11 is 5.88. The van der Waals surface area contributed by atoms with Gasteiger partial charge in [-0.2, -0.15) is 5.26 Å². The van der Waals surface area contributed by atoms with Crippen molar-refractivity contribution in [2.75, 3.05) is 0 Å². The Morgan fingerprint density at radius 2 is 2.13 bits per heavy atom. The first-order valence-corrected chi connectivity index (χ1v) is 4.94. The summed E-state index contributed by atoms with van der Waals surface area (Å²) in [5, 5.41) is 9.63. The van der Waals surface area contributed by atoms with Gasteiger partial charge in [-0.15, -0.1) is 0 Å². The van der Waals surface area contributed by atoms with Crippen molar-refractivity contribution >= 4 is 11.6 Å². The van der Waals surface area contributed by atoms with E-state index in [2.05, 4.69) is 6.07 Å². The van der Waals surface area contributed by atoms with Crippen LogP contribution in [0.5, 0.6) is 0 Å². The van der Waals surface area contributed by atoms with Crippen LogP contribution in [0, 0.1) is 18.3 Å². The fourth-order valence-electron chi connectivity index (χ4n) is 1.57. The van der Waals surface area contributed by atoms with Crippen molar-refractivity contribution in [1.29, 1.82) is 5.26 Å². The van der Waals surface area contributed by atoms with Crippen molar-refractivity contribution in [2.24, 2.45) is 0 Å². The highest BCUT2D eigenvalue weighted by Gasteiger charge is 2.05. The maximum atomic E-state index is 8.92. The summed E-state index contributed by atoms with van der Waals surface area (Å²) in [5.41, 5.74) is 2.66. The maximum Gasteiger partial charge on any atom is 0.124 e. The number of nitrogens with zero attached hydrogens (tertiary/aromatic N) is 2. The van der Waals surface area contributed by atoms with E-state index in [9.17, 15) is 0 Å². The van der Waals surface area contributed by atoms with Gasteiger partial charge in [-0.25, -0.2) is 0 Å². The van der Waals surface area contributed by atoms with E-state index >= 15 is 0 Å². The molecule has 0 unspecified atom stereocenters. The van der Waals surface area contributed by atoms with E-state index in [1.165, 1.54) is 0 Å². The number of nitriles is 1. The topological polar surface area (TPSA) is 28.7 Å². The smallest absolute Gasteiger partial charge is 0.124 e. The average molecular weight is 217 g/mol. The normalized spacial score (nSPS) is 9.93. The largest absolute Gasteiger partial charge is 0.308 e. The van der Waals surface area contributed by atoms with Crippen LogP contribution in [0.4, 0.5) is 0 Å². The maximum absolute atomic E-state index is 8.92. The van der Waals surface area contributed by atoms with Crippen molar-refractivity contribution < 1.29 is 0 Å². The monoisotopic (exact) mass is 216 g/mol. The Morgan fingerprint density at radius 3 is 2.80 bits per heavy atom. The summed E-state index contributed by atoms with van der Waals surface area (Å²) in [5.74, 6) is 0. The van der Waals surface area contributed by atoms with E-state index in [4.69, 9.17) is 16.9 Å². The van der Waals surface area contributed by atoms with Crippen LogP contribution in [-0.4, -0.2) is 4.57 Å². The second kappa shape index (κ2) is 3.80. The van der Waals surface area contributed by atoms with Gasteiger partial charge in [0, 0.05) is 16.9 Å². The Kier molecular flexibility index (Phi) is 2.49. The molecule has 2 nitrogen and oxygen atoms in total. The summed E-state index contributed by atoms with van der Waals surface area (Å²) in [6.45, 7) is 1.97. The van der Waals surface area contributed by atoms with E-state index in [1.807, 2.05) is 42.0 Å². The second-order valence-corrected chi connectivity index (χ2v) is 3.74. The highest BCUT2D eigenvalue weighted by Crippen LogP contribution is 2.20. The van der Waals surface area contributed by atoms with Crippen LogP contribution in [-0.2, 0) is 0 Å². The summed E-state index contributed by atoms with van der Waals surface area (Å²) < 4.78 is 1.85. The van der Waals surface area contributed by atoms with E-state index < -0.39 is 0 Å². The Bertz CT molecular complexity index is 535. The van der Waals surface area contributed by atoms with E-state index in [-0.39, 0.29) is 0 Å². The summed E-state index contributed by atoms with van der Waals surface area (Å²) in [7, 11) is 0. The number of hydrogen-bond donors (Lipinski definition) is 0. The first kappa shape index (κ1) is 9.82. The molecule has 74 valence electrons. The molecule has 0 amide bonds. The van der Waals surface area contributed by atoms with Crippen molar-refractivity contribution in [1.82, 2.24) is 4.57 Å². The minimum atomic E-state index is 0.625. The van der Waals surface area contributed by atoms with Gasteiger partial charge in [0.1, 0.15) is 11.8 Å². The molecule has 3 heteroatoms. The molecule has 1 aromatic heterocycles. The molecular weight excluding hydrogens is 208 g/mol. The third-order valence-electron chi connectivity index (χ3n) is 2.28. The molecule has 0 N–H and O–H groups in total. The third kappa shape index (κ3) is 1.74. The Morgan fingerprint density at radius 1 is 1.33 bits per heavy atom. The highest BCUT2D eigenvalue weighted by atomic mass is 35.5. The van der Waals surface area contributed by atoms with Gasteiger partial charge in [-0.3, -0.25) is 0 Å². The van der Waals surface area contributed by atoms with Crippen LogP contribution in [0.2, 0.25) is 5.02 Å². The summed E-state index contributed by atoms with van der Waals surface area (Å²) in [6, 6.07) is 11.4. The number of rotatable bonds is 1. The Balaban J connectivity index is 2.60. The van der Waals surface area contributed by atoms with Gasteiger partial charge in [0.2, 0.25) is 0 Å². The standard InChI is InChI=1S/C12H9ClN2/c1-9-7-10(13)4-5-12(9)15-6-2-3-11(15)8-14/h2-7H,1H3. The number of hydrogen-bond acceptors (Lipinski definition) is 1. The van der Waals surface area contributed by atoms with Gasteiger partial charge >= 0.3 is 0 Å². The van der Waals surface area contributed by atoms with Crippen molar-refractivity contribution in [3.8, 4) is 11.8 Å². The first-order valence-electron chi connectivity index (χ1n) is 4.56. The third-order valence-corrected chi connectivity index (χ3v) is 2.52. The molecule has 1 heterocycles. The lowest BCUT2D eigenvalue weighted by Crippen LogP contribution is -1.97. The predicted molar refractivity (Wildman–Crippen MR) is 60.2 cm³/mol. The first-order chi connectivity index (χ1) is 7.22. The van der Waals surface area contributed by atoms with Crippen LogP contribution >= 0.6 is 11.6 Å². The van der Waals surface area contributed by atoms with E-state index in [0.29, 0.717) is 10.7 Å². The van der Waals surface area contributed by atoms with Gasteiger partial charge in [0.25, 0.3) is 0 Å². The van der Waals surface area contributed by atoms with Crippen LogP contribution in [0.3, 0.4) is 0 Å². The second-order valence-electron chi connectivity index (χ2n) is 3.31. The lowest BCUT2D eigenvalue weighted by atomic mass is 10.2. The summed E-state index contributed by atoms with van der Waals surface area (Å²) in [6.07, 6.45) is 1.87. The number of aromatic nitrogens is 1. The van der Waals surface area contributed by atoms with Gasteiger partial charge in [-0.05, 0) is 42.8 Å². The van der Waals surface area contributed by atoms with Gasteiger partial charge in [-0.1, -0.05) is 11.6 Å². The minimum absolute atomic E-state index is 0.625. The van der Waals surface area contributed by atoms with Crippen LogP contribution < -0.4 is 0 Å². The molecule has 2 rings (SSSR count). The number of halogens is 1. The molecule has 0 fully saturated rings. The molecular formula is C12H9ClN2. The molecule has 0 saturated carbocycles. The fraction of sp³-hybridized carbons (Fsp3) is 0.0833. The molecule has 1 aromatic carbocycles. The minimum Gasteiger partial charge on any atom is -0.308 e. The Hall–Kier alpha value is -1.72. The lowest BCUT2D eigenvalue weighted by molar-refractivity contribution is 1.04. The fourth-order valence-corrected chi connectivity index (χ4v) is 1.80. The average Bonchev–Trinajstić information content (AvgIpc) is 2.65. The van der Waals surface area contributed by atoms with Crippen LogP contribution in [0.25, 0.3) is 5.69 Å².